The Bertz CT molecular complexity index is 751. The first-order chi connectivity index (χ1) is 14.7. The highest BCUT2D eigenvalue weighted by atomic mass is 19.4. The van der Waals surface area contributed by atoms with E-state index in [0.717, 1.165) is 0 Å². The van der Waals surface area contributed by atoms with Crippen LogP contribution in [0.5, 0.6) is 0 Å². The van der Waals surface area contributed by atoms with E-state index in [-0.39, 0.29) is 0 Å². The maximum absolute atomic E-state index is 13.6. The molecular weight excluding hydrogens is 536 g/mol. The Morgan fingerprint density at radius 2 is 0.735 bits per heavy atom. The molecule has 34 heavy (non-hydrogen) atoms. The molecule has 0 saturated carbocycles. The summed E-state index contributed by atoms with van der Waals surface area (Å²) >= 11 is 0. The lowest BCUT2D eigenvalue weighted by Crippen LogP contribution is -2.58. The van der Waals surface area contributed by atoms with Gasteiger partial charge in [0.05, 0.1) is 24.0 Å². The third-order valence-corrected chi connectivity index (χ3v) is 3.98. The number of hydrogen-bond donors (Lipinski definition) is 2. The number of carboxylic acid groups (broad SMARTS) is 2. The second-order valence-corrected chi connectivity index (χ2v) is 6.33. The molecule has 200 valence electrons. The molecule has 0 amide bonds. The van der Waals surface area contributed by atoms with Crippen LogP contribution in [-0.4, -0.2) is 70.5 Å². The molecule has 0 heterocycles. The van der Waals surface area contributed by atoms with Crippen molar-refractivity contribution in [2.75, 3.05) is 0 Å². The van der Waals surface area contributed by atoms with E-state index in [9.17, 15) is 79.8 Å². The van der Waals surface area contributed by atoms with Crippen LogP contribution >= 0.6 is 0 Å². The predicted molar refractivity (Wildman–Crippen MR) is 73.2 cm³/mol. The zero-order valence-corrected chi connectivity index (χ0v) is 15.3. The van der Waals surface area contributed by atoms with Crippen molar-refractivity contribution in [1.29, 1.82) is 0 Å². The summed E-state index contributed by atoms with van der Waals surface area (Å²) in [5.74, 6) is -48.3. The normalized spacial score (nSPS) is 15.6. The second kappa shape index (κ2) is 9.31. The highest BCUT2D eigenvalue weighted by molar-refractivity contribution is 5.99. The number of alkyl halides is 16. The molecule has 0 spiro atoms. The number of aliphatic carboxylic acids is 2. The largest absolute Gasteiger partial charge is 0.478 e. The van der Waals surface area contributed by atoms with Crippen LogP contribution < -0.4 is 0 Å². The molecule has 0 aliphatic rings. The van der Waals surface area contributed by atoms with Crippen molar-refractivity contribution in [1.82, 2.24) is 0 Å². The molecule has 0 radical (unpaired) electrons. The Hall–Kier alpha value is -2.44. The summed E-state index contributed by atoms with van der Waals surface area (Å²) in [6, 6.07) is 0. The van der Waals surface area contributed by atoms with E-state index >= 15 is 0 Å². The van der Waals surface area contributed by atoms with Crippen LogP contribution in [0.2, 0.25) is 0 Å². The van der Waals surface area contributed by atoms with E-state index in [4.69, 9.17) is 10.2 Å². The van der Waals surface area contributed by atoms with Gasteiger partial charge in [-0.2, -0.15) is 52.7 Å². The van der Waals surface area contributed by atoms with Crippen LogP contribution in [0, 0.1) is 0 Å². The molecule has 0 atom stereocenters. The smallest absolute Gasteiger partial charge is 0.378 e. The number of rotatable bonds is 12. The monoisotopic (exact) mass is 544 g/mol. The Kier molecular flexibility index (Phi) is 8.64. The zero-order chi connectivity index (χ0) is 27.9. The molecule has 0 aliphatic heterocycles. The van der Waals surface area contributed by atoms with Gasteiger partial charge in [-0.15, -0.1) is 0 Å². The van der Waals surface area contributed by atoms with Crippen LogP contribution in [0.1, 0.15) is 12.8 Å². The van der Waals surface area contributed by atoms with Crippen molar-refractivity contribution in [3.05, 3.63) is 11.1 Å². The molecule has 2 N–H and O–H groups in total. The molecule has 20 heteroatoms. The molecule has 0 aromatic rings. The third kappa shape index (κ3) is 5.28. The van der Waals surface area contributed by atoms with E-state index in [2.05, 4.69) is 0 Å². The fourth-order valence-corrected chi connectivity index (χ4v) is 2.05. The van der Waals surface area contributed by atoms with Gasteiger partial charge in [0.25, 0.3) is 0 Å². The summed E-state index contributed by atoms with van der Waals surface area (Å²) in [4.78, 5) is 21.9. The van der Waals surface area contributed by atoms with E-state index in [1.54, 1.807) is 0 Å². The lowest BCUT2D eigenvalue weighted by molar-refractivity contribution is -0.338. The summed E-state index contributed by atoms with van der Waals surface area (Å²) < 4.78 is 207. The van der Waals surface area contributed by atoms with E-state index in [1.807, 2.05) is 0 Å². The van der Waals surface area contributed by atoms with E-state index in [0.29, 0.717) is 0 Å². The summed E-state index contributed by atoms with van der Waals surface area (Å²) in [5.41, 5.74) is -6.03. The van der Waals surface area contributed by atoms with Crippen LogP contribution in [0.3, 0.4) is 0 Å². The maximum Gasteiger partial charge on any atom is 0.378 e. The van der Waals surface area contributed by atoms with Gasteiger partial charge in [-0.3, -0.25) is 0 Å². The molecule has 0 aliphatic carbocycles. The average Bonchev–Trinajstić information content (AvgIpc) is 2.62. The SMILES string of the molecule is O=C(O)/C(CC(F)(F)C(F)(F)C(F)(F)C(F)F)=C(/CC(F)(F)C(F)(F)C(F)(F)C(F)F)C(=O)O. The fourth-order valence-electron chi connectivity index (χ4n) is 2.05. The van der Waals surface area contributed by atoms with Gasteiger partial charge in [0, 0.05) is 0 Å². The van der Waals surface area contributed by atoms with Crippen LogP contribution in [0.15, 0.2) is 11.1 Å². The summed E-state index contributed by atoms with van der Waals surface area (Å²) in [6.07, 6.45) is -18.3. The number of halogens is 16. The first-order valence-corrected chi connectivity index (χ1v) is 7.74. The van der Waals surface area contributed by atoms with Gasteiger partial charge in [0.2, 0.25) is 0 Å². The van der Waals surface area contributed by atoms with Gasteiger partial charge in [-0.25, -0.2) is 27.2 Å². The molecule has 0 fully saturated rings. The summed E-state index contributed by atoms with van der Waals surface area (Å²) in [6.45, 7) is 0. The Balaban J connectivity index is 6.78. The lowest BCUT2D eigenvalue weighted by Gasteiger charge is -2.33. The number of carbonyl (C=O) groups is 2. The first kappa shape index (κ1) is 31.6. The highest BCUT2D eigenvalue weighted by Gasteiger charge is 2.77. The van der Waals surface area contributed by atoms with Crippen molar-refractivity contribution >= 4 is 11.9 Å². The van der Waals surface area contributed by atoms with Gasteiger partial charge >= 0.3 is 60.3 Å². The maximum atomic E-state index is 13.6. The standard InChI is InChI=1S/C14H8F16O4/c15-7(16)11(23,24)13(27,28)9(19,20)1-3(5(31)32)4(6(33)34)2-10(21,22)14(29,30)12(25,26)8(17)18/h7-8H,1-2H2,(H,31,32)(H,33,34)/b4-3-. The fraction of sp³-hybridized carbons (Fsp3) is 0.714. The molecule has 0 bridgehead atoms. The quantitative estimate of drug-likeness (QED) is 0.249. The van der Waals surface area contributed by atoms with Crippen molar-refractivity contribution in [3.63, 3.8) is 0 Å². The molecular formula is C14H8F16O4. The highest BCUT2D eigenvalue weighted by Crippen LogP contribution is 2.53. The van der Waals surface area contributed by atoms with Gasteiger partial charge in [-0.1, -0.05) is 0 Å². The van der Waals surface area contributed by atoms with E-state index < -0.39 is 84.3 Å². The Morgan fingerprint density at radius 3 is 0.882 bits per heavy atom. The van der Waals surface area contributed by atoms with Crippen molar-refractivity contribution in [2.24, 2.45) is 0 Å². The van der Waals surface area contributed by atoms with Crippen molar-refractivity contribution in [3.8, 4) is 0 Å². The van der Waals surface area contributed by atoms with Gasteiger partial charge < -0.3 is 10.2 Å². The molecule has 4 nitrogen and oxygen atoms in total. The lowest BCUT2D eigenvalue weighted by atomic mass is 9.90. The summed E-state index contributed by atoms with van der Waals surface area (Å²) in [5, 5.41) is 17.3. The van der Waals surface area contributed by atoms with Crippen LogP contribution in [-0.2, 0) is 9.59 Å². The minimum absolute atomic E-state index is 3.02. The minimum atomic E-state index is -7.21. The predicted octanol–water partition coefficient (Wildman–Crippen LogP) is 5.57. The number of carboxylic acids is 2. The van der Waals surface area contributed by atoms with Crippen LogP contribution in [0.4, 0.5) is 70.2 Å². The molecule has 0 rings (SSSR count). The number of hydrogen-bond acceptors (Lipinski definition) is 2. The third-order valence-electron chi connectivity index (χ3n) is 3.98. The van der Waals surface area contributed by atoms with Crippen LogP contribution in [0.25, 0.3) is 0 Å². The molecule has 0 unspecified atom stereocenters. The van der Waals surface area contributed by atoms with Crippen molar-refractivity contribution < 1.29 is 90.0 Å². The topological polar surface area (TPSA) is 74.6 Å². The first-order valence-electron chi connectivity index (χ1n) is 7.74. The zero-order valence-electron chi connectivity index (χ0n) is 15.3. The second-order valence-electron chi connectivity index (χ2n) is 6.33. The summed E-state index contributed by atoms with van der Waals surface area (Å²) in [7, 11) is 0. The minimum Gasteiger partial charge on any atom is -0.478 e. The molecule has 0 aromatic heterocycles. The molecule has 0 aromatic carbocycles. The Morgan fingerprint density at radius 1 is 0.529 bits per heavy atom. The van der Waals surface area contributed by atoms with E-state index in [1.165, 1.54) is 0 Å². The van der Waals surface area contributed by atoms with Gasteiger partial charge in [-0.05, 0) is 0 Å². The van der Waals surface area contributed by atoms with Gasteiger partial charge in [0.1, 0.15) is 0 Å². The molecule has 0 saturated heterocycles. The Labute approximate surface area is 175 Å². The average molecular weight is 544 g/mol. The van der Waals surface area contributed by atoms with Gasteiger partial charge in [0.15, 0.2) is 0 Å². The van der Waals surface area contributed by atoms with Crippen molar-refractivity contribution in [2.45, 2.75) is 61.2 Å².